The summed E-state index contributed by atoms with van der Waals surface area (Å²) in [6.45, 7) is 7.38. The zero-order chi connectivity index (χ0) is 22.9. The summed E-state index contributed by atoms with van der Waals surface area (Å²) >= 11 is 0. The van der Waals surface area contributed by atoms with Crippen LogP contribution in [0.1, 0.15) is 42.6 Å². The van der Waals surface area contributed by atoms with Gasteiger partial charge in [-0.15, -0.1) is 0 Å². The van der Waals surface area contributed by atoms with Gasteiger partial charge in [-0.05, 0) is 38.1 Å². The highest BCUT2D eigenvalue weighted by Gasteiger charge is 2.32. The first-order valence-corrected chi connectivity index (χ1v) is 12.2. The molecule has 1 N–H and O–H groups in total. The maximum atomic E-state index is 13.3. The van der Waals surface area contributed by atoms with E-state index < -0.39 is 10.0 Å². The lowest BCUT2D eigenvalue weighted by atomic mass is 9.97. The van der Waals surface area contributed by atoms with Crippen LogP contribution in [0.25, 0.3) is 0 Å². The molecule has 2 heterocycles. The number of carbonyl (C=O) groups excluding carboxylic acids is 1. The highest BCUT2D eigenvalue weighted by atomic mass is 32.2. The van der Waals surface area contributed by atoms with Crippen molar-refractivity contribution in [2.24, 2.45) is 0 Å². The minimum absolute atomic E-state index is 0.0188. The first kappa shape index (κ1) is 22.6. The van der Waals surface area contributed by atoms with Gasteiger partial charge in [-0.1, -0.05) is 19.1 Å². The zero-order valence-electron chi connectivity index (χ0n) is 18.5. The Labute approximate surface area is 188 Å². The van der Waals surface area contributed by atoms with Crippen molar-refractivity contribution in [1.29, 1.82) is 0 Å². The van der Waals surface area contributed by atoms with Crippen LogP contribution < -0.4 is 14.8 Å². The lowest BCUT2D eigenvalue weighted by Gasteiger charge is -2.27. The van der Waals surface area contributed by atoms with E-state index in [-0.39, 0.29) is 41.7 Å². The normalized spacial score (nSPS) is 21.0. The number of morpholine rings is 1. The van der Waals surface area contributed by atoms with Crippen molar-refractivity contribution >= 4 is 21.6 Å². The van der Waals surface area contributed by atoms with E-state index >= 15 is 0 Å². The molecular formula is C23H28N2O6S. The predicted octanol–water partition coefficient (Wildman–Crippen LogP) is 3.24. The molecule has 2 atom stereocenters. The Morgan fingerprint density at radius 1 is 1.19 bits per heavy atom. The first-order chi connectivity index (χ1) is 15.3. The highest BCUT2D eigenvalue weighted by Crippen LogP contribution is 2.40. The number of nitrogens with zero attached hydrogens (tertiary/aromatic N) is 1. The molecular weight excluding hydrogens is 432 g/mol. The molecule has 8 nitrogen and oxygen atoms in total. The number of amides is 1. The Balaban J connectivity index is 1.64. The second-order valence-electron chi connectivity index (χ2n) is 7.90. The first-order valence-electron chi connectivity index (χ1n) is 10.8. The lowest BCUT2D eigenvalue weighted by molar-refractivity contribution is 0.0729. The van der Waals surface area contributed by atoms with Gasteiger partial charge in [0.2, 0.25) is 10.0 Å². The Morgan fingerprint density at radius 2 is 1.94 bits per heavy atom. The molecule has 1 fully saturated rings. The minimum Gasteiger partial charge on any atom is -0.492 e. The van der Waals surface area contributed by atoms with Crippen LogP contribution in [-0.2, 0) is 14.8 Å². The average molecular weight is 461 g/mol. The van der Waals surface area contributed by atoms with Gasteiger partial charge in [-0.25, -0.2) is 8.42 Å². The highest BCUT2D eigenvalue weighted by molar-refractivity contribution is 7.89. The zero-order valence-corrected chi connectivity index (χ0v) is 19.3. The monoisotopic (exact) mass is 460 g/mol. The van der Waals surface area contributed by atoms with Crippen LogP contribution in [-0.4, -0.2) is 57.6 Å². The van der Waals surface area contributed by atoms with E-state index in [1.54, 1.807) is 25.1 Å². The molecule has 0 radical (unpaired) electrons. The quantitative estimate of drug-likeness (QED) is 0.711. The second kappa shape index (κ2) is 9.09. The molecule has 4 rings (SSSR count). The van der Waals surface area contributed by atoms with Gasteiger partial charge in [0.05, 0.1) is 25.4 Å². The summed E-state index contributed by atoms with van der Waals surface area (Å²) in [6, 6.07) is 10.2. The van der Waals surface area contributed by atoms with Crippen molar-refractivity contribution in [2.45, 2.75) is 37.7 Å². The number of hydrogen-bond donors (Lipinski definition) is 1. The molecule has 9 heteroatoms. The molecule has 2 aliphatic rings. The number of benzene rings is 2. The molecule has 2 aliphatic heterocycles. The smallest absolute Gasteiger partial charge is 0.259 e. The van der Waals surface area contributed by atoms with Gasteiger partial charge in [0, 0.05) is 30.3 Å². The Bertz CT molecular complexity index is 1110. The third kappa shape index (κ3) is 4.20. The Morgan fingerprint density at radius 3 is 2.66 bits per heavy atom. The fourth-order valence-electron chi connectivity index (χ4n) is 3.95. The number of rotatable bonds is 6. The number of para-hydroxylation sites is 1. The summed E-state index contributed by atoms with van der Waals surface area (Å²) in [5.74, 6) is 0.663. The summed E-state index contributed by atoms with van der Waals surface area (Å²) in [5.41, 5.74) is 1.78. The molecule has 1 amide bonds. The topological polar surface area (TPSA) is 94.2 Å². The van der Waals surface area contributed by atoms with Gasteiger partial charge in [0.1, 0.15) is 22.5 Å². The molecule has 0 bridgehead atoms. The van der Waals surface area contributed by atoms with Gasteiger partial charge in [0.15, 0.2) is 0 Å². The van der Waals surface area contributed by atoms with E-state index in [0.717, 1.165) is 5.56 Å². The molecule has 32 heavy (non-hydrogen) atoms. The predicted molar refractivity (Wildman–Crippen MR) is 120 cm³/mol. The van der Waals surface area contributed by atoms with Crippen LogP contribution in [0, 0.1) is 0 Å². The van der Waals surface area contributed by atoms with E-state index in [2.05, 4.69) is 12.2 Å². The van der Waals surface area contributed by atoms with E-state index in [4.69, 9.17) is 14.2 Å². The van der Waals surface area contributed by atoms with Crippen LogP contribution >= 0.6 is 0 Å². The maximum Gasteiger partial charge on any atom is 0.259 e. The molecule has 0 unspecified atom stereocenters. The second-order valence-corrected chi connectivity index (χ2v) is 9.81. The fraction of sp³-hybridized carbons (Fsp3) is 0.435. The minimum atomic E-state index is -3.81. The third-order valence-corrected chi connectivity index (χ3v) is 7.80. The summed E-state index contributed by atoms with van der Waals surface area (Å²) < 4.78 is 44.7. The van der Waals surface area contributed by atoms with Crippen LogP contribution in [0.15, 0.2) is 41.3 Å². The van der Waals surface area contributed by atoms with Gasteiger partial charge >= 0.3 is 0 Å². The average Bonchev–Trinajstić information content (AvgIpc) is 3.09. The Hall–Kier alpha value is -2.62. The van der Waals surface area contributed by atoms with E-state index in [1.807, 2.05) is 19.1 Å². The van der Waals surface area contributed by atoms with Crippen LogP contribution in [0.2, 0.25) is 0 Å². The lowest BCUT2D eigenvalue weighted by Crippen LogP contribution is -2.40. The van der Waals surface area contributed by atoms with Gasteiger partial charge in [-0.2, -0.15) is 4.31 Å². The fourth-order valence-corrected chi connectivity index (χ4v) is 5.52. The standard InChI is InChI=1S/C23H28N2O6S/c1-4-30-20-9-8-17(14-21(20)32(27,28)25-10-12-29-13-11-25)24-23(26)19-7-5-6-18-15(2)16(3)31-22(18)19/h5-9,14-16H,4,10-13H2,1-3H3,(H,24,26)/t15-,16+/m0/s1. The van der Waals surface area contributed by atoms with Crippen LogP contribution in [0.3, 0.4) is 0 Å². The van der Waals surface area contributed by atoms with E-state index in [0.29, 0.717) is 36.8 Å². The van der Waals surface area contributed by atoms with Crippen molar-refractivity contribution in [3.63, 3.8) is 0 Å². The molecule has 0 spiro atoms. The third-order valence-electron chi connectivity index (χ3n) is 5.88. The molecule has 1 saturated heterocycles. The Kier molecular flexibility index (Phi) is 6.41. The largest absolute Gasteiger partial charge is 0.492 e. The van der Waals surface area contributed by atoms with Gasteiger partial charge in [0.25, 0.3) is 5.91 Å². The summed E-state index contributed by atoms with van der Waals surface area (Å²) in [6.07, 6.45) is -0.0188. The molecule has 0 aromatic heterocycles. The molecule has 0 aliphatic carbocycles. The number of fused-ring (bicyclic) bond motifs is 1. The molecule has 2 aromatic rings. The number of carbonyl (C=O) groups is 1. The van der Waals surface area contributed by atoms with Gasteiger partial charge < -0.3 is 19.5 Å². The maximum absolute atomic E-state index is 13.3. The molecule has 0 saturated carbocycles. The summed E-state index contributed by atoms with van der Waals surface area (Å²) in [4.78, 5) is 13.1. The summed E-state index contributed by atoms with van der Waals surface area (Å²) in [5, 5.41) is 2.82. The molecule has 172 valence electrons. The number of sulfonamides is 1. The molecule has 2 aromatic carbocycles. The van der Waals surface area contributed by atoms with E-state index in [9.17, 15) is 13.2 Å². The number of anilines is 1. The van der Waals surface area contributed by atoms with Crippen LogP contribution in [0.4, 0.5) is 5.69 Å². The summed E-state index contributed by atoms with van der Waals surface area (Å²) in [7, 11) is -3.81. The van der Waals surface area contributed by atoms with Gasteiger partial charge in [-0.3, -0.25) is 4.79 Å². The van der Waals surface area contributed by atoms with Crippen molar-refractivity contribution in [3.05, 3.63) is 47.5 Å². The van der Waals surface area contributed by atoms with Crippen molar-refractivity contribution in [2.75, 3.05) is 38.2 Å². The van der Waals surface area contributed by atoms with Crippen molar-refractivity contribution < 1.29 is 27.4 Å². The van der Waals surface area contributed by atoms with Crippen molar-refractivity contribution in [1.82, 2.24) is 4.31 Å². The SMILES string of the molecule is CCOc1ccc(NC(=O)c2cccc3c2O[C@H](C)[C@@H]3C)cc1S(=O)(=O)N1CCOCC1. The number of ether oxygens (including phenoxy) is 3. The van der Waals surface area contributed by atoms with Crippen molar-refractivity contribution in [3.8, 4) is 11.5 Å². The number of hydrogen-bond acceptors (Lipinski definition) is 6. The van der Waals surface area contributed by atoms with Crippen LogP contribution in [0.5, 0.6) is 11.5 Å². The number of nitrogens with one attached hydrogen (secondary N) is 1. The van der Waals surface area contributed by atoms with E-state index in [1.165, 1.54) is 10.4 Å².